The monoisotopic (exact) mass is 423 g/mol. The zero-order chi connectivity index (χ0) is 19.9. The van der Waals surface area contributed by atoms with E-state index in [2.05, 4.69) is 5.32 Å². The fourth-order valence-electron chi connectivity index (χ4n) is 4.84. The highest BCUT2D eigenvalue weighted by Gasteiger charge is 2.48. The lowest BCUT2D eigenvalue weighted by Crippen LogP contribution is -2.48. The molecule has 154 valence electrons. The molecule has 3 aliphatic rings. The molecule has 4 nitrogen and oxygen atoms in total. The van der Waals surface area contributed by atoms with Gasteiger partial charge in [0.05, 0.1) is 22.1 Å². The SMILES string of the molecule is Cc1ccc(C(=O)NCC2(CC3CC3)CC(CS(=O)(=O)CC3CC3)C2)c(Cl)c1. The average molecular weight is 424 g/mol. The number of hydrogen-bond acceptors (Lipinski definition) is 3. The number of benzene rings is 1. The number of amides is 1. The molecule has 1 amide bonds. The zero-order valence-electron chi connectivity index (χ0n) is 16.5. The Hall–Kier alpha value is -1.07. The summed E-state index contributed by atoms with van der Waals surface area (Å²) in [5, 5.41) is 3.57. The van der Waals surface area contributed by atoms with Gasteiger partial charge in [0.2, 0.25) is 0 Å². The first kappa shape index (κ1) is 20.2. The summed E-state index contributed by atoms with van der Waals surface area (Å²) in [4.78, 5) is 12.6. The number of carbonyl (C=O) groups is 1. The summed E-state index contributed by atoms with van der Waals surface area (Å²) in [5.74, 6) is 1.99. The molecule has 0 heterocycles. The van der Waals surface area contributed by atoms with E-state index in [1.165, 1.54) is 12.8 Å². The van der Waals surface area contributed by atoms with E-state index in [-0.39, 0.29) is 17.2 Å². The molecule has 3 aliphatic carbocycles. The number of carbonyl (C=O) groups excluding carboxylic acids is 1. The highest BCUT2D eigenvalue weighted by atomic mass is 35.5. The van der Waals surface area contributed by atoms with Crippen molar-refractivity contribution in [1.29, 1.82) is 0 Å². The van der Waals surface area contributed by atoms with Crippen LogP contribution in [0, 0.1) is 30.1 Å². The first-order valence-electron chi connectivity index (χ1n) is 10.5. The topological polar surface area (TPSA) is 63.2 Å². The van der Waals surface area contributed by atoms with Crippen LogP contribution in [0.2, 0.25) is 5.02 Å². The molecule has 0 aromatic heterocycles. The van der Waals surface area contributed by atoms with E-state index in [9.17, 15) is 13.2 Å². The maximum absolute atomic E-state index is 12.6. The Kier molecular flexibility index (Phi) is 5.51. The molecule has 3 saturated carbocycles. The second-order valence-corrected chi connectivity index (χ2v) is 12.2. The second-order valence-electron chi connectivity index (χ2n) is 9.61. The van der Waals surface area contributed by atoms with Crippen molar-refractivity contribution in [1.82, 2.24) is 5.32 Å². The Labute approximate surface area is 173 Å². The first-order valence-corrected chi connectivity index (χ1v) is 12.7. The predicted octanol–water partition coefficient (Wildman–Crippen LogP) is 4.40. The van der Waals surface area contributed by atoms with E-state index in [0.717, 1.165) is 43.6 Å². The first-order chi connectivity index (χ1) is 13.2. The molecule has 6 heteroatoms. The normalized spacial score (nSPS) is 27.3. The largest absolute Gasteiger partial charge is 0.351 e. The van der Waals surface area contributed by atoms with Crippen molar-refractivity contribution in [3.8, 4) is 0 Å². The molecule has 28 heavy (non-hydrogen) atoms. The molecule has 0 aliphatic heterocycles. The minimum atomic E-state index is -2.93. The Morgan fingerprint density at radius 1 is 1.11 bits per heavy atom. The van der Waals surface area contributed by atoms with Crippen LogP contribution in [0.3, 0.4) is 0 Å². The number of hydrogen-bond donors (Lipinski definition) is 1. The lowest BCUT2D eigenvalue weighted by molar-refractivity contribution is 0.0475. The van der Waals surface area contributed by atoms with Crippen LogP contribution in [0.5, 0.6) is 0 Å². The Bertz CT molecular complexity index is 853. The van der Waals surface area contributed by atoms with Crippen LogP contribution in [-0.2, 0) is 9.84 Å². The third kappa shape index (κ3) is 5.10. The van der Waals surface area contributed by atoms with Gasteiger partial charge in [-0.1, -0.05) is 30.5 Å². The molecule has 0 atom stereocenters. The van der Waals surface area contributed by atoms with E-state index in [4.69, 9.17) is 11.6 Å². The highest BCUT2D eigenvalue weighted by Crippen LogP contribution is 2.54. The fourth-order valence-corrected chi connectivity index (χ4v) is 7.30. The summed E-state index contributed by atoms with van der Waals surface area (Å²) in [6.07, 6.45) is 7.61. The van der Waals surface area contributed by atoms with Gasteiger partial charge in [0, 0.05) is 6.54 Å². The van der Waals surface area contributed by atoms with Gasteiger partial charge in [-0.25, -0.2) is 8.42 Å². The summed E-state index contributed by atoms with van der Waals surface area (Å²) in [6, 6.07) is 5.47. The van der Waals surface area contributed by atoms with Crippen molar-refractivity contribution in [2.75, 3.05) is 18.1 Å². The van der Waals surface area contributed by atoms with E-state index in [1.54, 1.807) is 12.1 Å². The maximum Gasteiger partial charge on any atom is 0.252 e. The van der Waals surface area contributed by atoms with Gasteiger partial charge in [-0.3, -0.25) is 4.79 Å². The third-order valence-corrected chi connectivity index (χ3v) is 8.80. The summed E-state index contributed by atoms with van der Waals surface area (Å²) in [5.41, 5.74) is 1.60. The van der Waals surface area contributed by atoms with Gasteiger partial charge < -0.3 is 5.32 Å². The maximum atomic E-state index is 12.6. The summed E-state index contributed by atoms with van der Waals surface area (Å²) >= 11 is 6.23. The molecular weight excluding hydrogens is 394 g/mol. The average Bonchev–Trinajstić information content (AvgIpc) is 3.47. The minimum absolute atomic E-state index is 0.0633. The zero-order valence-corrected chi connectivity index (χ0v) is 18.1. The van der Waals surface area contributed by atoms with Gasteiger partial charge in [0.15, 0.2) is 9.84 Å². The van der Waals surface area contributed by atoms with Gasteiger partial charge in [0.25, 0.3) is 5.91 Å². The van der Waals surface area contributed by atoms with Gasteiger partial charge in [0.1, 0.15) is 0 Å². The number of sulfone groups is 1. The molecular formula is C22H30ClNO3S. The molecule has 1 aromatic carbocycles. The number of nitrogens with one attached hydrogen (secondary N) is 1. The van der Waals surface area contributed by atoms with Gasteiger partial charge in [-0.2, -0.15) is 0 Å². The van der Waals surface area contributed by atoms with Crippen molar-refractivity contribution in [3.63, 3.8) is 0 Å². The van der Waals surface area contributed by atoms with Crippen LogP contribution in [0.15, 0.2) is 18.2 Å². The van der Waals surface area contributed by atoms with Crippen LogP contribution < -0.4 is 5.32 Å². The van der Waals surface area contributed by atoms with E-state index in [1.807, 2.05) is 13.0 Å². The quantitative estimate of drug-likeness (QED) is 0.640. The molecule has 1 aromatic rings. The second kappa shape index (κ2) is 7.64. The smallest absolute Gasteiger partial charge is 0.252 e. The standard InChI is InChI=1S/C22H30ClNO3S/c1-15-2-7-19(20(23)8-15)21(25)24-14-22(9-16-3-4-16)10-18(11-22)13-28(26,27)12-17-5-6-17/h2,7-8,16-18H,3-6,9-14H2,1H3,(H,24,25). The third-order valence-electron chi connectivity index (χ3n) is 6.53. The number of halogens is 1. The molecule has 0 radical (unpaired) electrons. The summed E-state index contributed by atoms with van der Waals surface area (Å²) < 4.78 is 24.7. The van der Waals surface area contributed by atoms with E-state index >= 15 is 0 Å². The van der Waals surface area contributed by atoms with Gasteiger partial charge in [-0.15, -0.1) is 0 Å². The van der Waals surface area contributed by atoms with Crippen molar-refractivity contribution < 1.29 is 13.2 Å². The predicted molar refractivity (Wildman–Crippen MR) is 112 cm³/mol. The van der Waals surface area contributed by atoms with Crippen molar-refractivity contribution in [2.45, 2.75) is 51.9 Å². The fraction of sp³-hybridized carbons (Fsp3) is 0.682. The molecule has 1 N–H and O–H groups in total. The van der Waals surface area contributed by atoms with Crippen LogP contribution in [0.1, 0.15) is 60.9 Å². The molecule has 0 saturated heterocycles. The van der Waals surface area contributed by atoms with Gasteiger partial charge >= 0.3 is 0 Å². The molecule has 4 rings (SSSR count). The summed E-state index contributed by atoms with van der Waals surface area (Å²) in [6.45, 7) is 2.57. The summed E-state index contributed by atoms with van der Waals surface area (Å²) in [7, 11) is -2.93. The van der Waals surface area contributed by atoms with E-state index < -0.39 is 9.84 Å². The molecule has 3 fully saturated rings. The van der Waals surface area contributed by atoms with Crippen LogP contribution >= 0.6 is 11.6 Å². The van der Waals surface area contributed by atoms with Crippen molar-refractivity contribution >= 4 is 27.3 Å². The molecule has 0 unspecified atom stereocenters. The minimum Gasteiger partial charge on any atom is -0.351 e. The highest BCUT2D eigenvalue weighted by molar-refractivity contribution is 7.91. The van der Waals surface area contributed by atoms with E-state index in [0.29, 0.717) is 34.6 Å². The van der Waals surface area contributed by atoms with Crippen LogP contribution in [0.4, 0.5) is 0 Å². The van der Waals surface area contributed by atoms with Crippen LogP contribution in [0.25, 0.3) is 0 Å². The lowest BCUT2D eigenvalue weighted by Gasteiger charge is -2.48. The van der Waals surface area contributed by atoms with Crippen LogP contribution in [-0.4, -0.2) is 32.4 Å². The van der Waals surface area contributed by atoms with Crippen molar-refractivity contribution in [2.24, 2.45) is 23.2 Å². The lowest BCUT2D eigenvalue weighted by atomic mass is 9.60. The molecule has 0 spiro atoms. The Morgan fingerprint density at radius 2 is 1.75 bits per heavy atom. The molecule has 0 bridgehead atoms. The number of aryl methyl sites for hydroxylation is 1. The Balaban J connectivity index is 1.34. The Morgan fingerprint density at radius 3 is 2.36 bits per heavy atom. The van der Waals surface area contributed by atoms with Crippen molar-refractivity contribution in [3.05, 3.63) is 34.3 Å². The number of rotatable bonds is 9. The van der Waals surface area contributed by atoms with Gasteiger partial charge in [-0.05, 0) is 79.9 Å².